The van der Waals surface area contributed by atoms with E-state index in [1.807, 2.05) is 43.0 Å². The van der Waals surface area contributed by atoms with Crippen LogP contribution in [-0.4, -0.2) is 57.5 Å². The predicted molar refractivity (Wildman–Crippen MR) is 120 cm³/mol. The van der Waals surface area contributed by atoms with Gasteiger partial charge in [0, 0.05) is 30.5 Å². The molecule has 2 aromatic rings. The van der Waals surface area contributed by atoms with Gasteiger partial charge in [-0.15, -0.1) is 0 Å². The number of nitrogens with two attached hydrogens (primary N) is 1. The predicted octanol–water partition coefficient (Wildman–Crippen LogP) is 1.90. The molecule has 0 bridgehead atoms. The largest absolute Gasteiger partial charge is 0.394 e. The number of aliphatic hydroxyl groups excluding tert-OH is 1. The summed E-state index contributed by atoms with van der Waals surface area (Å²) < 4.78 is 0. The molecule has 0 saturated carbocycles. The number of nitrogens with zero attached hydrogens (tertiary/aromatic N) is 3. The Morgan fingerprint density at radius 3 is 2.39 bits per heavy atom. The maximum atomic E-state index is 11.8. The summed E-state index contributed by atoms with van der Waals surface area (Å²) in [5, 5.41) is 11.7. The summed E-state index contributed by atoms with van der Waals surface area (Å²) in [7, 11) is 0. The van der Waals surface area contributed by atoms with Gasteiger partial charge in [-0.25, -0.2) is 9.97 Å². The smallest absolute Gasteiger partial charge is 0.239 e. The van der Waals surface area contributed by atoms with Crippen molar-refractivity contribution in [1.82, 2.24) is 20.2 Å². The molecule has 1 fully saturated rings. The molecule has 1 aliphatic heterocycles. The monoisotopic (exact) mass is 427 g/mol. The average Bonchev–Trinajstić information content (AvgIpc) is 3.23. The average molecular weight is 428 g/mol. The molecule has 168 valence electrons. The van der Waals surface area contributed by atoms with E-state index in [1.54, 1.807) is 12.4 Å². The van der Waals surface area contributed by atoms with E-state index in [0.29, 0.717) is 12.5 Å². The van der Waals surface area contributed by atoms with Gasteiger partial charge in [-0.3, -0.25) is 9.59 Å². The molecule has 4 N–H and O–H groups in total. The van der Waals surface area contributed by atoms with Crippen LogP contribution >= 0.6 is 0 Å². The van der Waals surface area contributed by atoms with E-state index >= 15 is 0 Å². The third-order valence-electron chi connectivity index (χ3n) is 5.50. The maximum absolute atomic E-state index is 11.8. The van der Waals surface area contributed by atoms with Crippen molar-refractivity contribution in [1.29, 1.82) is 0 Å². The standard InChI is InChI=1S/C13H13N3O2.C10H20N2O/c17-7-13(16-9-18)11-3-1-10(2-4-11)12-5-14-8-15-6-12;1-7(2)9(11)10(13)12-6-4-5-8(12)3/h1-6,8-9,13,17H,7H2,(H,16,18);7-9H,4-6,11H2,1-3H3. The van der Waals surface area contributed by atoms with Crippen LogP contribution in [0.2, 0.25) is 0 Å². The van der Waals surface area contributed by atoms with Crippen molar-refractivity contribution in [3.05, 3.63) is 48.5 Å². The van der Waals surface area contributed by atoms with Gasteiger partial charge in [0.05, 0.1) is 18.7 Å². The molecule has 0 spiro atoms. The fourth-order valence-corrected chi connectivity index (χ4v) is 3.43. The van der Waals surface area contributed by atoms with Crippen LogP contribution in [-0.2, 0) is 9.59 Å². The van der Waals surface area contributed by atoms with Gasteiger partial charge in [-0.05, 0) is 36.8 Å². The molecule has 3 atom stereocenters. The summed E-state index contributed by atoms with van der Waals surface area (Å²) in [6.45, 7) is 6.83. The van der Waals surface area contributed by atoms with E-state index in [4.69, 9.17) is 10.8 Å². The Labute approximate surface area is 183 Å². The van der Waals surface area contributed by atoms with Crippen LogP contribution in [0.5, 0.6) is 0 Å². The fraction of sp³-hybridized carbons (Fsp3) is 0.478. The number of aliphatic hydroxyl groups is 1. The third kappa shape index (κ3) is 6.83. The highest BCUT2D eigenvalue weighted by atomic mass is 16.3. The van der Waals surface area contributed by atoms with Gasteiger partial charge < -0.3 is 21.1 Å². The summed E-state index contributed by atoms with van der Waals surface area (Å²) in [5.74, 6) is 0.361. The van der Waals surface area contributed by atoms with Crippen LogP contribution in [0, 0.1) is 5.92 Å². The van der Waals surface area contributed by atoms with E-state index in [1.165, 1.54) is 6.33 Å². The number of carbonyl (C=O) groups excluding carboxylic acids is 2. The highest BCUT2D eigenvalue weighted by Gasteiger charge is 2.29. The minimum absolute atomic E-state index is 0.125. The van der Waals surface area contributed by atoms with Crippen molar-refractivity contribution in [2.45, 2.75) is 51.7 Å². The highest BCUT2D eigenvalue weighted by Crippen LogP contribution is 2.20. The molecule has 0 radical (unpaired) electrons. The van der Waals surface area contributed by atoms with Crippen LogP contribution in [0.1, 0.15) is 45.2 Å². The van der Waals surface area contributed by atoms with Crippen molar-refractivity contribution in [2.75, 3.05) is 13.2 Å². The Bertz CT molecular complexity index is 814. The number of hydrogen-bond donors (Lipinski definition) is 3. The van der Waals surface area contributed by atoms with E-state index in [-0.39, 0.29) is 30.5 Å². The molecule has 8 heteroatoms. The minimum atomic E-state index is -0.372. The zero-order valence-corrected chi connectivity index (χ0v) is 18.4. The van der Waals surface area contributed by atoms with E-state index < -0.39 is 0 Å². The van der Waals surface area contributed by atoms with Crippen molar-refractivity contribution in [3.63, 3.8) is 0 Å². The van der Waals surface area contributed by atoms with E-state index in [0.717, 1.165) is 36.1 Å². The molecule has 1 aromatic heterocycles. The first-order chi connectivity index (χ1) is 14.9. The van der Waals surface area contributed by atoms with Gasteiger partial charge in [0.2, 0.25) is 12.3 Å². The first-order valence-corrected chi connectivity index (χ1v) is 10.6. The molecule has 2 amide bonds. The lowest BCUT2D eigenvalue weighted by molar-refractivity contribution is -0.134. The summed E-state index contributed by atoms with van der Waals surface area (Å²) >= 11 is 0. The molecular weight excluding hydrogens is 394 g/mol. The molecule has 2 heterocycles. The number of amides is 2. The third-order valence-corrected chi connectivity index (χ3v) is 5.50. The Balaban J connectivity index is 0.000000233. The summed E-state index contributed by atoms with van der Waals surface area (Å²) in [6.07, 6.45) is 7.77. The molecule has 0 aliphatic carbocycles. The van der Waals surface area contributed by atoms with E-state index in [2.05, 4.69) is 22.2 Å². The van der Waals surface area contributed by atoms with E-state index in [9.17, 15) is 9.59 Å². The van der Waals surface area contributed by atoms with Crippen molar-refractivity contribution >= 4 is 12.3 Å². The molecule has 1 saturated heterocycles. The van der Waals surface area contributed by atoms with Gasteiger partial charge in [0.25, 0.3) is 0 Å². The number of hydrogen-bond acceptors (Lipinski definition) is 6. The van der Waals surface area contributed by atoms with Gasteiger partial charge in [-0.2, -0.15) is 0 Å². The Morgan fingerprint density at radius 2 is 1.90 bits per heavy atom. The molecule has 1 aromatic carbocycles. The molecule has 3 unspecified atom stereocenters. The number of rotatable bonds is 7. The highest BCUT2D eigenvalue weighted by molar-refractivity contribution is 5.82. The number of benzene rings is 1. The molecular formula is C23H33N5O3. The summed E-state index contributed by atoms with van der Waals surface area (Å²) in [5.41, 5.74) is 8.57. The number of likely N-dealkylation sites (tertiary alicyclic amines) is 1. The number of nitrogens with one attached hydrogen (secondary N) is 1. The van der Waals surface area contributed by atoms with Gasteiger partial charge in [0.1, 0.15) is 6.33 Å². The fourth-order valence-electron chi connectivity index (χ4n) is 3.43. The van der Waals surface area contributed by atoms with Crippen LogP contribution in [0.15, 0.2) is 43.0 Å². The molecule has 1 aliphatic rings. The van der Waals surface area contributed by atoms with Crippen LogP contribution in [0.25, 0.3) is 11.1 Å². The second kappa shape index (κ2) is 12.1. The minimum Gasteiger partial charge on any atom is -0.394 e. The summed E-state index contributed by atoms with van der Waals surface area (Å²) in [6, 6.07) is 7.23. The van der Waals surface area contributed by atoms with Gasteiger partial charge >= 0.3 is 0 Å². The normalized spacial score (nSPS) is 17.5. The maximum Gasteiger partial charge on any atom is 0.239 e. The second-order valence-corrected chi connectivity index (χ2v) is 8.06. The topological polar surface area (TPSA) is 121 Å². The quantitative estimate of drug-likeness (QED) is 0.580. The molecule has 31 heavy (non-hydrogen) atoms. The van der Waals surface area contributed by atoms with Crippen molar-refractivity contribution in [2.24, 2.45) is 11.7 Å². The lowest BCUT2D eigenvalue weighted by Crippen LogP contribution is -2.47. The SMILES string of the molecule is CC(C)C(N)C(=O)N1CCCC1C.O=CNC(CO)c1ccc(-c2cncnc2)cc1. The first kappa shape index (κ1) is 24.4. The van der Waals surface area contributed by atoms with Crippen molar-refractivity contribution < 1.29 is 14.7 Å². The Kier molecular flexibility index (Phi) is 9.55. The van der Waals surface area contributed by atoms with Gasteiger partial charge in [0.15, 0.2) is 0 Å². The number of carbonyl (C=O) groups is 2. The Hall–Kier alpha value is -2.84. The second-order valence-electron chi connectivity index (χ2n) is 8.06. The Morgan fingerprint density at radius 1 is 1.26 bits per heavy atom. The van der Waals surface area contributed by atoms with Crippen LogP contribution in [0.4, 0.5) is 0 Å². The zero-order valence-electron chi connectivity index (χ0n) is 18.4. The van der Waals surface area contributed by atoms with Crippen LogP contribution in [0.3, 0.4) is 0 Å². The number of aromatic nitrogens is 2. The van der Waals surface area contributed by atoms with Crippen LogP contribution < -0.4 is 11.1 Å². The summed E-state index contributed by atoms with van der Waals surface area (Å²) in [4.78, 5) is 32.0. The van der Waals surface area contributed by atoms with Crippen molar-refractivity contribution in [3.8, 4) is 11.1 Å². The molecule has 8 nitrogen and oxygen atoms in total. The molecule has 3 rings (SSSR count). The van der Waals surface area contributed by atoms with Gasteiger partial charge in [-0.1, -0.05) is 38.1 Å². The lowest BCUT2D eigenvalue weighted by Gasteiger charge is -2.26. The zero-order chi connectivity index (χ0) is 22.8. The lowest BCUT2D eigenvalue weighted by atomic mass is 10.0. The first-order valence-electron chi connectivity index (χ1n) is 10.6.